The molecule has 7 atom stereocenters. The van der Waals surface area contributed by atoms with Gasteiger partial charge in [0, 0.05) is 11.8 Å². The van der Waals surface area contributed by atoms with Crippen LogP contribution in [-0.2, 0) is 14.4 Å². The number of aliphatic hydroxyl groups excluding tert-OH is 3. The van der Waals surface area contributed by atoms with E-state index < -0.39 is 70.3 Å². The van der Waals surface area contributed by atoms with Crippen molar-refractivity contribution < 1.29 is 39.9 Å². The maximum absolute atomic E-state index is 13.4. The highest BCUT2D eigenvalue weighted by Gasteiger charge is 2.69. The molecule has 1 amide bonds. The summed E-state index contributed by atoms with van der Waals surface area (Å²) in [7, 11) is 0. The van der Waals surface area contributed by atoms with Crippen LogP contribution in [-0.4, -0.2) is 60.8 Å². The van der Waals surface area contributed by atoms with Crippen molar-refractivity contribution in [1.29, 1.82) is 0 Å². The highest BCUT2D eigenvalue weighted by atomic mass is 16.3. The van der Waals surface area contributed by atoms with E-state index in [1.54, 1.807) is 0 Å². The van der Waals surface area contributed by atoms with Crippen LogP contribution < -0.4 is 5.73 Å². The SMILES string of the molecule is C=C1c2cccc(O)c2C(O)=C2C(=O)C3(O)C(=O)C(C(N)=O)C(O)[C@@H](C)C3C(O)C12. The molecule has 6 unspecified atom stereocenters. The Kier molecular flexibility index (Phi) is 4.22. The zero-order valence-electron chi connectivity index (χ0n) is 15.9. The van der Waals surface area contributed by atoms with Gasteiger partial charge in [-0.1, -0.05) is 25.6 Å². The number of fused-ring (bicyclic) bond motifs is 3. The van der Waals surface area contributed by atoms with Crippen LogP contribution >= 0.6 is 0 Å². The number of carbonyl (C=O) groups excluding carboxylic acids is 3. The summed E-state index contributed by atoms with van der Waals surface area (Å²) in [6, 6.07) is 4.31. The number of hydrogen-bond acceptors (Lipinski definition) is 8. The second-order valence-corrected chi connectivity index (χ2v) is 8.17. The molecule has 3 aliphatic carbocycles. The number of hydrogen-bond donors (Lipinski definition) is 6. The average Bonchev–Trinajstić information content (AvgIpc) is 2.67. The Morgan fingerprint density at radius 3 is 2.40 bits per heavy atom. The summed E-state index contributed by atoms with van der Waals surface area (Å²) in [6.07, 6.45) is -3.22. The largest absolute Gasteiger partial charge is 0.507 e. The van der Waals surface area contributed by atoms with Gasteiger partial charge in [0.2, 0.25) is 11.7 Å². The molecule has 0 aromatic heterocycles. The minimum atomic E-state index is -2.89. The van der Waals surface area contributed by atoms with E-state index in [1.807, 2.05) is 0 Å². The van der Waals surface area contributed by atoms with E-state index in [0.717, 1.165) is 0 Å². The molecule has 1 aromatic carbocycles. The molecule has 3 aliphatic rings. The van der Waals surface area contributed by atoms with Crippen molar-refractivity contribution in [2.24, 2.45) is 29.4 Å². The fraction of sp³-hybridized carbons (Fsp3) is 0.381. The van der Waals surface area contributed by atoms with Gasteiger partial charge in [0.05, 0.1) is 23.3 Å². The molecular weight excluding hydrogens is 394 g/mol. The number of aromatic hydroxyl groups is 1. The van der Waals surface area contributed by atoms with Crippen molar-refractivity contribution in [3.05, 3.63) is 41.5 Å². The first kappa shape index (κ1) is 20.3. The van der Waals surface area contributed by atoms with Crippen molar-refractivity contribution in [1.82, 2.24) is 0 Å². The van der Waals surface area contributed by atoms with Gasteiger partial charge < -0.3 is 31.3 Å². The molecule has 158 valence electrons. The lowest BCUT2D eigenvalue weighted by molar-refractivity contribution is -0.194. The summed E-state index contributed by atoms with van der Waals surface area (Å²) in [5, 5.41) is 53.9. The monoisotopic (exact) mass is 415 g/mol. The highest BCUT2D eigenvalue weighted by molar-refractivity contribution is 6.26. The summed E-state index contributed by atoms with van der Waals surface area (Å²) in [5.74, 6) is -10.4. The quantitative estimate of drug-likeness (QED) is 0.325. The van der Waals surface area contributed by atoms with Crippen molar-refractivity contribution in [3.63, 3.8) is 0 Å². The van der Waals surface area contributed by atoms with Gasteiger partial charge in [0.25, 0.3) is 0 Å². The molecule has 9 nitrogen and oxygen atoms in total. The van der Waals surface area contributed by atoms with Crippen LogP contribution in [0.5, 0.6) is 5.75 Å². The fourth-order valence-corrected chi connectivity index (χ4v) is 5.29. The summed E-state index contributed by atoms with van der Waals surface area (Å²) < 4.78 is 0. The van der Waals surface area contributed by atoms with Crippen molar-refractivity contribution in [2.45, 2.75) is 24.7 Å². The Morgan fingerprint density at radius 1 is 1.17 bits per heavy atom. The first-order valence-corrected chi connectivity index (χ1v) is 9.37. The zero-order valence-corrected chi connectivity index (χ0v) is 15.9. The Bertz CT molecular complexity index is 1060. The number of Topliss-reactive ketones (excluding diaryl/α,β-unsaturated/α-hetero) is 2. The Morgan fingerprint density at radius 2 is 1.80 bits per heavy atom. The standard InChI is InChI=1S/C21H21NO8/c1-6-8-4-3-5-9(23)11(8)16(25)12-10(6)17(26)14-7(2)15(24)13(20(22)29)19(28)21(14,30)18(12)27/h3-5,7,10,13-15,17,23-26,30H,1H2,2H3,(H2,22,29)/t7-,10?,13?,14?,15?,17?,21?/m0/s1. The first-order valence-electron chi connectivity index (χ1n) is 9.37. The van der Waals surface area contributed by atoms with Gasteiger partial charge in [-0.05, 0) is 23.1 Å². The van der Waals surface area contributed by atoms with Crippen LogP contribution in [0.4, 0.5) is 0 Å². The lowest BCUT2D eigenvalue weighted by Gasteiger charge is -2.53. The minimum absolute atomic E-state index is 0.112. The number of phenolic OH excluding ortho intramolecular Hbond substituents is 1. The van der Waals surface area contributed by atoms with Gasteiger partial charge in [-0.25, -0.2) is 0 Å². The molecule has 0 heterocycles. The number of benzene rings is 1. The summed E-state index contributed by atoms with van der Waals surface area (Å²) in [5.41, 5.74) is 2.23. The third kappa shape index (κ3) is 2.19. The molecule has 7 N–H and O–H groups in total. The average molecular weight is 415 g/mol. The number of amides is 1. The van der Waals surface area contributed by atoms with Crippen molar-refractivity contribution >= 4 is 28.8 Å². The topological polar surface area (TPSA) is 178 Å². The number of primary amides is 1. The molecule has 0 saturated heterocycles. The van der Waals surface area contributed by atoms with Crippen LogP contribution in [0.1, 0.15) is 18.1 Å². The van der Waals surface area contributed by atoms with Gasteiger partial charge in [0.1, 0.15) is 17.4 Å². The number of ketones is 2. The molecule has 0 bridgehead atoms. The number of nitrogens with two attached hydrogens (primary N) is 1. The number of rotatable bonds is 1. The summed E-state index contributed by atoms with van der Waals surface area (Å²) >= 11 is 0. The van der Waals surface area contributed by atoms with Crippen LogP contribution in [0.3, 0.4) is 0 Å². The second-order valence-electron chi connectivity index (χ2n) is 8.17. The van der Waals surface area contributed by atoms with Gasteiger partial charge >= 0.3 is 0 Å². The van der Waals surface area contributed by atoms with Crippen LogP contribution in [0.25, 0.3) is 11.3 Å². The zero-order chi connectivity index (χ0) is 22.3. The van der Waals surface area contributed by atoms with E-state index in [-0.39, 0.29) is 16.9 Å². The molecule has 0 spiro atoms. The molecule has 0 aliphatic heterocycles. The van der Waals surface area contributed by atoms with E-state index in [0.29, 0.717) is 5.56 Å². The molecule has 0 radical (unpaired) electrons. The Balaban J connectivity index is 2.00. The third-order valence-electron chi connectivity index (χ3n) is 6.76. The van der Waals surface area contributed by atoms with Crippen molar-refractivity contribution in [3.8, 4) is 5.75 Å². The van der Waals surface area contributed by atoms with Gasteiger partial charge in [-0.15, -0.1) is 0 Å². The van der Waals surface area contributed by atoms with Crippen molar-refractivity contribution in [2.75, 3.05) is 0 Å². The molecule has 9 heteroatoms. The molecule has 2 saturated carbocycles. The number of phenols is 1. The first-order chi connectivity index (χ1) is 14.0. The van der Waals surface area contributed by atoms with Crippen LogP contribution in [0.15, 0.2) is 30.4 Å². The van der Waals surface area contributed by atoms with Gasteiger partial charge in [-0.2, -0.15) is 0 Å². The van der Waals surface area contributed by atoms with E-state index in [4.69, 9.17) is 5.73 Å². The lowest BCUT2D eigenvalue weighted by Crippen LogP contribution is -2.72. The summed E-state index contributed by atoms with van der Waals surface area (Å²) in [6.45, 7) is 5.28. The third-order valence-corrected chi connectivity index (χ3v) is 6.76. The van der Waals surface area contributed by atoms with Gasteiger partial charge in [-0.3, -0.25) is 14.4 Å². The highest BCUT2D eigenvalue weighted by Crippen LogP contribution is 2.55. The predicted molar refractivity (Wildman–Crippen MR) is 102 cm³/mol. The predicted octanol–water partition coefficient (Wildman–Crippen LogP) is -0.724. The van der Waals surface area contributed by atoms with E-state index in [1.165, 1.54) is 25.1 Å². The summed E-state index contributed by atoms with van der Waals surface area (Å²) in [4.78, 5) is 38.2. The van der Waals surface area contributed by atoms with E-state index in [2.05, 4.69) is 6.58 Å². The van der Waals surface area contributed by atoms with Crippen LogP contribution in [0.2, 0.25) is 0 Å². The smallest absolute Gasteiger partial charge is 0.230 e. The van der Waals surface area contributed by atoms with Crippen LogP contribution in [0, 0.1) is 23.7 Å². The Labute approximate surface area is 170 Å². The molecule has 2 fully saturated rings. The number of carbonyl (C=O) groups is 3. The maximum atomic E-state index is 13.4. The fourth-order valence-electron chi connectivity index (χ4n) is 5.29. The Hall–Kier alpha value is -3.01. The molecular formula is C21H21NO8. The molecule has 1 aromatic rings. The second kappa shape index (κ2) is 6.24. The van der Waals surface area contributed by atoms with Gasteiger partial charge in [0.15, 0.2) is 11.4 Å². The normalized spacial score (nSPS) is 38.1. The minimum Gasteiger partial charge on any atom is -0.507 e. The molecule has 4 rings (SSSR count). The van der Waals surface area contributed by atoms with E-state index >= 15 is 0 Å². The van der Waals surface area contributed by atoms with E-state index in [9.17, 15) is 39.9 Å². The lowest BCUT2D eigenvalue weighted by atomic mass is 9.51. The maximum Gasteiger partial charge on any atom is 0.230 e. The molecule has 30 heavy (non-hydrogen) atoms. The number of aliphatic hydroxyl groups is 4.